The Bertz CT molecular complexity index is 168. The molecule has 1 unspecified atom stereocenters. The number of hydrogen-bond acceptors (Lipinski definition) is 3. The van der Waals surface area contributed by atoms with E-state index in [2.05, 4.69) is 11.9 Å². The van der Waals surface area contributed by atoms with Crippen molar-refractivity contribution in [1.82, 2.24) is 5.32 Å². The number of hydrogen-bond donors (Lipinski definition) is 1. The van der Waals surface area contributed by atoms with Crippen molar-refractivity contribution in [2.45, 2.75) is 18.9 Å². The predicted molar refractivity (Wildman–Crippen MR) is 47.0 cm³/mol. The molecule has 0 aromatic heterocycles. The molecule has 0 aromatic carbocycles. The fourth-order valence-electron chi connectivity index (χ4n) is 1.04. The van der Waals surface area contributed by atoms with Crippen molar-refractivity contribution in [3.8, 4) is 0 Å². The minimum Gasteiger partial charge on any atom is -0.480 e. The molecule has 0 aromatic rings. The number of carbonyl (C=O) groups is 1. The highest BCUT2D eigenvalue weighted by Crippen LogP contribution is 2.11. The Hall–Kier alpha value is -0.813. The lowest BCUT2D eigenvalue weighted by Crippen LogP contribution is -2.33. The van der Waals surface area contributed by atoms with E-state index in [1.165, 1.54) is 6.20 Å². The lowest BCUT2D eigenvalue weighted by molar-refractivity contribution is 0.171. The van der Waals surface area contributed by atoms with E-state index in [-0.39, 0.29) is 0 Å². The van der Waals surface area contributed by atoms with Crippen molar-refractivity contribution >= 4 is 15.4 Å². The van der Waals surface area contributed by atoms with Crippen molar-refractivity contribution in [2.75, 3.05) is 6.61 Å². The van der Waals surface area contributed by atoms with Gasteiger partial charge >= 0.3 is 15.4 Å². The first-order chi connectivity index (χ1) is 5.83. The molecule has 0 radical (unpaired) electrons. The van der Waals surface area contributed by atoms with Gasteiger partial charge in [0.15, 0.2) is 0 Å². The Labute approximate surface area is 73.4 Å². The van der Waals surface area contributed by atoms with Gasteiger partial charge in [-0.2, -0.15) is 0 Å². The summed E-state index contributed by atoms with van der Waals surface area (Å²) >= 11 is 0. The lowest BCUT2D eigenvalue weighted by atomic mass is 10.4. The monoisotopic (exact) mass is 187 g/mol. The highest BCUT2D eigenvalue weighted by Gasteiger charge is 2.20. The zero-order valence-corrected chi connectivity index (χ0v) is 8.07. The SMILES string of the molecule is C=CNC(=O)O[SiH]1CCCCO1. The van der Waals surface area contributed by atoms with Crippen LogP contribution in [-0.4, -0.2) is 22.0 Å². The number of amides is 1. The van der Waals surface area contributed by atoms with Gasteiger partial charge in [-0.3, -0.25) is 5.32 Å². The zero-order valence-electron chi connectivity index (χ0n) is 6.91. The molecule has 1 atom stereocenters. The van der Waals surface area contributed by atoms with Gasteiger partial charge in [0, 0.05) is 6.61 Å². The van der Waals surface area contributed by atoms with Crippen LogP contribution in [0.1, 0.15) is 12.8 Å². The molecule has 1 saturated heterocycles. The molecule has 1 aliphatic rings. The second-order valence-corrected chi connectivity index (χ2v) is 4.56. The molecular weight excluding hydrogens is 174 g/mol. The summed E-state index contributed by atoms with van der Waals surface area (Å²) in [6.45, 7) is 4.09. The summed E-state index contributed by atoms with van der Waals surface area (Å²) in [5.41, 5.74) is 0. The van der Waals surface area contributed by atoms with Gasteiger partial charge in [-0.05, 0) is 25.1 Å². The normalized spacial score (nSPS) is 22.8. The second-order valence-electron chi connectivity index (χ2n) is 2.55. The van der Waals surface area contributed by atoms with Gasteiger partial charge in [-0.25, -0.2) is 4.79 Å². The van der Waals surface area contributed by atoms with Gasteiger partial charge in [0.25, 0.3) is 0 Å². The van der Waals surface area contributed by atoms with Crippen LogP contribution in [0.25, 0.3) is 0 Å². The van der Waals surface area contributed by atoms with Gasteiger partial charge in [0.1, 0.15) is 0 Å². The van der Waals surface area contributed by atoms with Gasteiger partial charge < -0.3 is 8.85 Å². The Morgan fingerprint density at radius 3 is 3.08 bits per heavy atom. The van der Waals surface area contributed by atoms with E-state index in [0.29, 0.717) is 0 Å². The molecule has 0 spiro atoms. The molecule has 12 heavy (non-hydrogen) atoms. The molecule has 0 bridgehead atoms. The molecular formula is C7H13NO3Si. The van der Waals surface area contributed by atoms with Crippen LogP contribution >= 0.6 is 0 Å². The fourth-order valence-corrected chi connectivity index (χ4v) is 2.75. The van der Waals surface area contributed by atoms with E-state index >= 15 is 0 Å². The topological polar surface area (TPSA) is 47.6 Å². The third-order valence-corrected chi connectivity index (χ3v) is 3.56. The molecule has 4 nitrogen and oxygen atoms in total. The maximum atomic E-state index is 10.9. The second kappa shape index (κ2) is 4.94. The van der Waals surface area contributed by atoms with E-state index in [1.54, 1.807) is 0 Å². The molecule has 0 aliphatic carbocycles. The van der Waals surface area contributed by atoms with E-state index < -0.39 is 15.4 Å². The van der Waals surface area contributed by atoms with E-state index in [0.717, 1.165) is 25.5 Å². The van der Waals surface area contributed by atoms with Crippen LogP contribution < -0.4 is 5.32 Å². The molecule has 0 saturated carbocycles. The molecule has 1 amide bonds. The van der Waals surface area contributed by atoms with Crippen LogP contribution in [0.3, 0.4) is 0 Å². The van der Waals surface area contributed by atoms with Crippen LogP contribution in [0.4, 0.5) is 4.79 Å². The first-order valence-electron chi connectivity index (χ1n) is 4.02. The predicted octanol–water partition coefficient (Wildman–Crippen LogP) is 0.887. The summed E-state index contributed by atoms with van der Waals surface area (Å²) in [7, 11) is -1.68. The van der Waals surface area contributed by atoms with Crippen LogP contribution in [0.2, 0.25) is 6.04 Å². The van der Waals surface area contributed by atoms with Crippen LogP contribution in [0, 0.1) is 0 Å². The van der Waals surface area contributed by atoms with Crippen molar-refractivity contribution < 1.29 is 13.6 Å². The van der Waals surface area contributed by atoms with Crippen molar-refractivity contribution in [1.29, 1.82) is 0 Å². The van der Waals surface area contributed by atoms with Crippen LogP contribution in [0.5, 0.6) is 0 Å². The summed E-state index contributed by atoms with van der Waals surface area (Å²) in [6, 6.07) is 0.921. The van der Waals surface area contributed by atoms with Crippen LogP contribution in [-0.2, 0) is 8.85 Å². The van der Waals surface area contributed by atoms with Crippen LogP contribution in [0.15, 0.2) is 12.8 Å². The maximum Gasteiger partial charge on any atom is 0.399 e. The Morgan fingerprint density at radius 1 is 1.67 bits per heavy atom. The first kappa shape index (κ1) is 9.28. The van der Waals surface area contributed by atoms with Crippen molar-refractivity contribution in [3.63, 3.8) is 0 Å². The quantitative estimate of drug-likeness (QED) is 0.653. The maximum absolute atomic E-state index is 10.9. The molecule has 1 fully saturated rings. The number of nitrogens with one attached hydrogen (secondary N) is 1. The minimum atomic E-state index is -1.68. The highest BCUT2D eigenvalue weighted by atomic mass is 28.3. The molecule has 1 heterocycles. The van der Waals surface area contributed by atoms with Gasteiger partial charge in [0.05, 0.1) is 0 Å². The Kier molecular flexibility index (Phi) is 3.82. The molecule has 68 valence electrons. The first-order valence-corrected chi connectivity index (χ1v) is 5.78. The summed E-state index contributed by atoms with van der Waals surface area (Å²) in [5, 5.41) is 2.35. The van der Waals surface area contributed by atoms with Crippen molar-refractivity contribution in [3.05, 3.63) is 12.8 Å². The third-order valence-electron chi connectivity index (χ3n) is 1.60. The van der Waals surface area contributed by atoms with Crippen molar-refractivity contribution in [2.24, 2.45) is 0 Å². The van der Waals surface area contributed by atoms with Gasteiger partial charge in [-0.1, -0.05) is 6.58 Å². The lowest BCUT2D eigenvalue weighted by Gasteiger charge is -2.20. The van der Waals surface area contributed by atoms with E-state index in [9.17, 15) is 4.79 Å². The molecule has 1 aliphatic heterocycles. The molecule has 1 N–H and O–H groups in total. The number of rotatable bonds is 2. The van der Waals surface area contributed by atoms with Gasteiger partial charge in [0.2, 0.25) is 0 Å². The smallest absolute Gasteiger partial charge is 0.399 e. The summed E-state index contributed by atoms with van der Waals surface area (Å²) in [4.78, 5) is 10.9. The minimum absolute atomic E-state index is 0.441. The van der Waals surface area contributed by atoms with E-state index in [4.69, 9.17) is 8.85 Å². The fraction of sp³-hybridized carbons (Fsp3) is 0.571. The third kappa shape index (κ3) is 3.06. The molecule has 1 rings (SSSR count). The standard InChI is InChI=1S/C7H13NO3Si/c1-2-8-7(9)11-12-6-4-3-5-10-12/h2,12H,1,3-6H2,(H,8,9). The average Bonchev–Trinajstić information content (AvgIpc) is 2.06. The summed E-state index contributed by atoms with van der Waals surface area (Å²) in [6.07, 6.45) is 3.05. The zero-order chi connectivity index (χ0) is 8.81. The highest BCUT2D eigenvalue weighted by molar-refractivity contribution is 6.46. The Balaban J connectivity index is 2.19. The van der Waals surface area contributed by atoms with Gasteiger partial charge in [-0.15, -0.1) is 0 Å². The Morgan fingerprint density at radius 2 is 2.50 bits per heavy atom. The largest absolute Gasteiger partial charge is 0.480 e. The van der Waals surface area contributed by atoms with E-state index in [1.807, 2.05) is 0 Å². The summed E-state index contributed by atoms with van der Waals surface area (Å²) < 4.78 is 10.3. The molecule has 5 heteroatoms. The number of carbonyl (C=O) groups excluding carboxylic acids is 1. The summed E-state index contributed by atoms with van der Waals surface area (Å²) in [5.74, 6) is 0. The average molecular weight is 187 g/mol.